The number of hydrogen-bond donors (Lipinski definition) is 3. The van der Waals surface area contributed by atoms with Crippen molar-refractivity contribution in [1.82, 2.24) is 9.71 Å². The molecule has 0 aliphatic heterocycles. The standard InChI is InChI=1S/C21H25FN3O6PS/c1-4-30-32(27,31-5-2)21(25-33(28,29)24-17-11-9-16(22)10-12-17)18-13-15-8-6-7-14(3)19(15)23-20(18)26/h6-13,21,24-25H,4-5H2,1-3H3,(H,23,26). The largest absolute Gasteiger partial charge is 0.353 e. The fourth-order valence-electron chi connectivity index (χ4n) is 3.30. The summed E-state index contributed by atoms with van der Waals surface area (Å²) in [4.78, 5) is 15.7. The lowest BCUT2D eigenvalue weighted by molar-refractivity contribution is 0.210. The monoisotopic (exact) mass is 497 g/mol. The zero-order valence-electron chi connectivity index (χ0n) is 18.3. The Kier molecular flexibility index (Phi) is 7.71. The zero-order chi connectivity index (χ0) is 24.2. The summed E-state index contributed by atoms with van der Waals surface area (Å²) >= 11 is 0. The van der Waals surface area contributed by atoms with E-state index in [4.69, 9.17) is 9.05 Å². The first-order chi connectivity index (χ1) is 15.6. The van der Waals surface area contributed by atoms with Gasteiger partial charge in [-0.05, 0) is 62.1 Å². The van der Waals surface area contributed by atoms with Crippen LogP contribution in [0.4, 0.5) is 10.1 Å². The van der Waals surface area contributed by atoms with Crippen LogP contribution in [0, 0.1) is 12.7 Å². The lowest BCUT2D eigenvalue weighted by Gasteiger charge is -2.27. The first-order valence-corrected chi connectivity index (χ1v) is 13.2. The molecule has 1 unspecified atom stereocenters. The minimum atomic E-state index is -4.40. The molecule has 0 saturated carbocycles. The highest BCUT2D eigenvalue weighted by molar-refractivity contribution is 7.91. The van der Waals surface area contributed by atoms with Crippen LogP contribution in [0.2, 0.25) is 0 Å². The van der Waals surface area contributed by atoms with Gasteiger partial charge in [-0.25, -0.2) is 4.39 Å². The van der Waals surface area contributed by atoms with Gasteiger partial charge >= 0.3 is 7.60 Å². The average molecular weight is 497 g/mol. The molecular weight excluding hydrogens is 472 g/mol. The number of benzene rings is 2. The van der Waals surface area contributed by atoms with Crippen molar-refractivity contribution in [2.45, 2.75) is 26.6 Å². The van der Waals surface area contributed by atoms with Crippen molar-refractivity contribution in [3.8, 4) is 0 Å². The van der Waals surface area contributed by atoms with E-state index < -0.39 is 35.0 Å². The molecule has 3 rings (SSSR count). The molecule has 3 N–H and O–H groups in total. The van der Waals surface area contributed by atoms with Gasteiger partial charge in [0.1, 0.15) is 5.82 Å². The molecule has 33 heavy (non-hydrogen) atoms. The summed E-state index contributed by atoms with van der Waals surface area (Å²) < 4.78 is 67.8. The number of pyridine rings is 1. The van der Waals surface area contributed by atoms with Crippen LogP contribution in [-0.2, 0) is 23.8 Å². The quantitative estimate of drug-likeness (QED) is 0.361. The van der Waals surface area contributed by atoms with Gasteiger partial charge in [-0.3, -0.25) is 14.1 Å². The summed E-state index contributed by atoms with van der Waals surface area (Å²) in [6.07, 6.45) is 0. The molecule has 3 aromatic rings. The molecule has 0 aliphatic carbocycles. The van der Waals surface area contributed by atoms with Crippen molar-refractivity contribution >= 4 is 34.4 Å². The van der Waals surface area contributed by atoms with Crippen LogP contribution in [0.3, 0.4) is 0 Å². The van der Waals surface area contributed by atoms with Gasteiger partial charge in [0.15, 0.2) is 5.78 Å². The maximum absolute atomic E-state index is 13.6. The molecule has 178 valence electrons. The Morgan fingerprint density at radius 1 is 1.09 bits per heavy atom. The summed E-state index contributed by atoms with van der Waals surface area (Å²) in [5, 5.41) is 0.611. The molecule has 12 heteroatoms. The Bertz CT molecular complexity index is 1330. The fourth-order valence-corrected chi connectivity index (χ4v) is 6.78. The van der Waals surface area contributed by atoms with Gasteiger partial charge in [-0.15, -0.1) is 0 Å². The van der Waals surface area contributed by atoms with Crippen molar-refractivity contribution in [3.63, 3.8) is 0 Å². The number of aromatic amines is 1. The Morgan fingerprint density at radius 2 is 1.73 bits per heavy atom. The Morgan fingerprint density at radius 3 is 2.33 bits per heavy atom. The molecule has 0 bridgehead atoms. The molecule has 1 atom stereocenters. The summed E-state index contributed by atoms with van der Waals surface area (Å²) in [6.45, 7) is 4.86. The van der Waals surface area contributed by atoms with Crippen LogP contribution >= 0.6 is 7.60 Å². The van der Waals surface area contributed by atoms with Crippen LogP contribution in [0.15, 0.2) is 53.3 Å². The van der Waals surface area contributed by atoms with Gasteiger partial charge in [0.05, 0.1) is 18.7 Å². The van der Waals surface area contributed by atoms with E-state index in [2.05, 4.69) is 14.4 Å². The third kappa shape index (κ3) is 5.87. The number of rotatable bonds is 10. The van der Waals surface area contributed by atoms with Crippen LogP contribution in [-0.4, -0.2) is 26.6 Å². The van der Waals surface area contributed by atoms with Crippen LogP contribution in [0.5, 0.6) is 0 Å². The Hall–Kier alpha value is -2.56. The first-order valence-electron chi connectivity index (χ1n) is 10.2. The van der Waals surface area contributed by atoms with Crippen molar-refractivity contribution in [2.24, 2.45) is 0 Å². The van der Waals surface area contributed by atoms with Gasteiger partial charge in [-0.1, -0.05) is 18.2 Å². The third-order valence-corrected chi connectivity index (χ3v) is 8.21. The third-order valence-electron chi connectivity index (χ3n) is 4.71. The SMILES string of the molecule is CCOP(=O)(OCC)C(NS(=O)(=O)Nc1ccc(F)cc1)c1cc2cccc(C)c2[nH]c1=O. The number of nitrogens with one attached hydrogen (secondary N) is 3. The van der Waals surface area contributed by atoms with Gasteiger partial charge in [0.2, 0.25) is 0 Å². The first kappa shape index (κ1) is 25.1. The molecule has 0 fully saturated rings. The van der Waals surface area contributed by atoms with Gasteiger partial charge < -0.3 is 14.0 Å². The summed E-state index contributed by atoms with van der Waals surface area (Å²) in [6, 6.07) is 11.4. The molecule has 0 saturated heterocycles. The normalized spacial score (nSPS) is 13.2. The van der Waals surface area contributed by atoms with Crippen molar-refractivity contribution in [2.75, 3.05) is 17.9 Å². The van der Waals surface area contributed by atoms with Crippen LogP contribution in [0.25, 0.3) is 10.9 Å². The summed E-state index contributed by atoms with van der Waals surface area (Å²) in [7, 11) is -8.59. The van der Waals surface area contributed by atoms with E-state index in [0.717, 1.165) is 17.7 Å². The number of halogens is 1. The molecule has 2 aromatic carbocycles. The second kappa shape index (κ2) is 10.1. The van der Waals surface area contributed by atoms with E-state index in [1.54, 1.807) is 26.0 Å². The average Bonchev–Trinajstić information content (AvgIpc) is 2.74. The molecule has 1 heterocycles. The molecule has 1 aromatic heterocycles. The summed E-state index contributed by atoms with van der Waals surface area (Å²) in [5.41, 5.74) is 0.658. The molecule has 0 spiro atoms. The highest BCUT2D eigenvalue weighted by Gasteiger charge is 2.41. The minimum Gasteiger partial charge on any atom is -0.321 e. The lowest BCUT2D eigenvalue weighted by Crippen LogP contribution is -2.36. The van der Waals surface area contributed by atoms with Crippen molar-refractivity contribution < 1.29 is 26.4 Å². The Balaban J connectivity index is 2.11. The topological polar surface area (TPSA) is 127 Å². The lowest BCUT2D eigenvalue weighted by atomic mass is 10.1. The minimum absolute atomic E-state index is 0.0501. The molecule has 0 amide bonds. The van der Waals surface area contributed by atoms with E-state index in [1.807, 2.05) is 13.0 Å². The fraction of sp³-hybridized carbons (Fsp3) is 0.286. The van der Waals surface area contributed by atoms with Crippen molar-refractivity contribution in [1.29, 1.82) is 0 Å². The van der Waals surface area contributed by atoms with Gasteiger partial charge in [0.25, 0.3) is 15.8 Å². The number of para-hydroxylation sites is 1. The number of fused-ring (bicyclic) bond motifs is 1. The molecule has 0 aliphatic rings. The zero-order valence-corrected chi connectivity index (χ0v) is 20.0. The second-order valence-electron chi connectivity index (χ2n) is 7.10. The number of hydrogen-bond acceptors (Lipinski definition) is 6. The van der Waals surface area contributed by atoms with E-state index in [-0.39, 0.29) is 24.5 Å². The molecule has 0 radical (unpaired) electrons. The number of anilines is 1. The van der Waals surface area contributed by atoms with Crippen LogP contribution < -0.4 is 15.0 Å². The Labute approximate surface area is 191 Å². The maximum atomic E-state index is 13.6. The number of aromatic nitrogens is 1. The number of aryl methyl sites for hydroxylation is 1. The van der Waals surface area contributed by atoms with E-state index in [1.165, 1.54) is 18.2 Å². The van der Waals surface area contributed by atoms with Crippen molar-refractivity contribution in [3.05, 3.63) is 75.8 Å². The second-order valence-corrected chi connectivity index (χ2v) is 10.7. The van der Waals surface area contributed by atoms with E-state index in [0.29, 0.717) is 10.9 Å². The predicted octanol–water partition coefficient (Wildman–Crippen LogP) is 4.19. The summed E-state index contributed by atoms with van der Waals surface area (Å²) in [5.74, 6) is -2.19. The van der Waals surface area contributed by atoms with Gasteiger partial charge in [0, 0.05) is 11.3 Å². The van der Waals surface area contributed by atoms with Crippen LogP contribution in [0.1, 0.15) is 30.8 Å². The maximum Gasteiger partial charge on any atom is 0.353 e. The van der Waals surface area contributed by atoms with Gasteiger partial charge in [-0.2, -0.15) is 13.1 Å². The smallest absolute Gasteiger partial charge is 0.321 e. The highest BCUT2D eigenvalue weighted by Crippen LogP contribution is 2.59. The van der Waals surface area contributed by atoms with E-state index >= 15 is 0 Å². The molecular formula is C21H25FN3O6PS. The molecule has 9 nitrogen and oxygen atoms in total. The number of H-pyrrole nitrogens is 1. The van der Waals surface area contributed by atoms with E-state index in [9.17, 15) is 22.2 Å². The predicted molar refractivity (Wildman–Crippen MR) is 125 cm³/mol. The highest BCUT2D eigenvalue weighted by atomic mass is 32.2.